The number of carbonyl (C=O) groups is 3. The molecule has 0 aliphatic carbocycles. The molecular weight excluding hydrogens is 514 g/mol. The molecule has 2 aromatic carbocycles. The Morgan fingerprint density at radius 1 is 0.846 bits per heavy atom. The first-order valence-corrected chi connectivity index (χ1v) is 13.5. The minimum atomic E-state index is -0.630. The Bertz CT molecular complexity index is 1520. The van der Waals surface area contributed by atoms with Crippen LogP contribution in [0.1, 0.15) is 49.4 Å². The highest BCUT2D eigenvalue weighted by molar-refractivity contribution is 6.62. The molecule has 0 saturated heterocycles. The molecule has 0 radical (unpaired) electrons. The summed E-state index contributed by atoms with van der Waals surface area (Å²) in [5.74, 6) is 0.329. The zero-order valence-electron chi connectivity index (χ0n) is 24.1. The second-order valence-corrected chi connectivity index (χ2v) is 10.7. The van der Waals surface area contributed by atoms with Crippen LogP contribution in [0.3, 0.4) is 0 Å². The predicted octanol–water partition coefficient (Wildman–Crippen LogP) is 5.71. The van der Waals surface area contributed by atoms with Crippen molar-refractivity contribution in [3.63, 3.8) is 0 Å². The molecule has 208 valence electrons. The lowest BCUT2D eigenvalue weighted by Gasteiger charge is -2.24. The van der Waals surface area contributed by atoms with Gasteiger partial charge in [-0.2, -0.15) is 10.2 Å². The van der Waals surface area contributed by atoms with Crippen molar-refractivity contribution in [1.82, 2.24) is 24.5 Å². The van der Waals surface area contributed by atoms with Gasteiger partial charge in [0, 0.05) is 44.3 Å². The fourth-order valence-corrected chi connectivity index (χ4v) is 5.37. The van der Waals surface area contributed by atoms with Crippen molar-refractivity contribution in [3.05, 3.63) is 58.9 Å². The molecule has 0 saturated carbocycles. The van der Waals surface area contributed by atoms with Crippen LogP contribution in [0.5, 0.6) is 0 Å². The Balaban J connectivity index is 0.000000218. The minimum absolute atomic E-state index is 0.0876. The highest BCUT2D eigenvalue weighted by atomic mass is 35.5. The summed E-state index contributed by atoms with van der Waals surface area (Å²) in [5, 5.41) is 10.1. The molecule has 2 heterocycles. The molecule has 4 aromatic rings. The second kappa shape index (κ2) is 12.6. The SMILES string of the molecule is CC(=O)[C@@H](Cc1cc(C)c2c(cnn2C)c1)N(C)C(=O)Cl.CC[C@H](Cc1cc(C)c2c(cnn2C)c1)C(C)=O. The molecule has 0 N–H and O–H groups in total. The zero-order valence-corrected chi connectivity index (χ0v) is 24.8. The van der Waals surface area contributed by atoms with Crippen LogP contribution < -0.4 is 0 Å². The fraction of sp³-hybridized carbons (Fsp3) is 0.433. The molecule has 0 fully saturated rings. The van der Waals surface area contributed by atoms with Gasteiger partial charge in [-0.25, -0.2) is 0 Å². The van der Waals surface area contributed by atoms with Gasteiger partial charge in [-0.15, -0.1) is 0 Å². The summed E-state index contributed by atoms with van der Waals surface area (Å²) < 4.78 is 3.72. The lowest BCUT2D eigenvalue weighted by Crippen LogP contribution is -2.40. The van der Waals surface area contributed by atoms with Gasteiger partial charge in [-0.1, -0.05) is 19.1 Å². The average Bonchev–Trinajstić information content (AvgIpc) is 3.43. The van der Waals surface area contributed by atoms with Crippen LogP contribution >= 0.6 is 11.6 Å². The molecule has 9 heteroatoms. The Labute approximate surface area is 234 Å². The Morgan fingerprint density at radius 3 is 1.69 bits per heavy atom. The minimum Gasteiger partial charge on any atom is -0.322 e. The first-order chi connectivity index (χ1) is 18.3. The lowest BCUT2D eigenvalue weighted by molar-refractivity contribution is -0.121. The molecule has 1 amide bonds. The Morgan fingerprint density at radius 2 is 1.31 bits per heavy atom. The van der Waals surface area contributed by atoms with E-state index < -0.39 is 11.4 Å². The van der Waals surface area contributed by atoms with Crippen molar-refractivity contribution in [2.75, 3.05) is 7.05 Å². The molecular formula is C30H38ClN5O3. The van der Waals surface area contributed by atoms with Crippen molar-refractivity contribution in [1.29, 1.82) is 0 Å². The normalized spacial score (nSPS) is 12.6. The first kappa shape index (κ1) is 30.0. The van der Waals surface area contributed by atoms with Crippen molar-refractivity contribution in [2.45, 2.75) is 59.9 Å². The zero-order chi connectivity index (χ0) is 29.0. The summed E-state index contributed by atoms with van der Waals surface area (Å²) in [6.45, 7) is 9.33. The summed E-state index contributed by atoms with van der Waals surface area (Å²) in [6.07, 6.45) is 5.86. The van der Waals surface area contributed by atoms with Crippen molar-refractivity contribution in [2.24, 2.45) is 20.0 Å². The number of halogens is 1. The van der Waals surface area contributed by atoms with Gasteiger partial charge < -0.3 is 4.90 Å². The van der Waals surface area contributed by atoms with Crippen molar-refractivity contribution < 1.29 is 14.4 Å². The van der Waals surface area contributed by atoms with E-state index in [2.05, 4.69) is 36.2 Å². The van der Waals surface area contributed by atoms with Gasteiger partial charge in [0.1, 0.15) is 5.78 Å². The van der Waals surface area contributed by atoms with Gasteiger partial charge in [0.2, 0.25) is 0 Å². The van der Waals surface area contributed by atoms with Crippen LogP contribution in [0.15, 0.2) is 36.7 Å². The van der Waals surface area contributed by atoms with E-state index in [0.29, 0.717) is 6.42 Å². The third kappa shape index (κ3) is 6.92. The summed E-state index contributed by atoms with van der Waals surface area (Å²) in [5.41, 5.74) is 6.77. The molecule has 0 aliphatic heterocycles. The number of aromatic nitrogens is 4. The molecule has 2 atom stereocenters. The predicted molar refractivity (Wildman–Crippen MR) is 156 cm³/mol. The molecule has 0 bridgehead atoms. The Kier molecular flexibility index (Phi) is 9.67. The van der Waals surface area contributed by atoms with Crippen molar-refractivity contribution in [3.8, 4) is 0 Å². The number of hydrogen-bond donors (Lipinski definition) is 0. The lowest BCUT2D eigenvalue weighted by atomic mass is 9.92. The number of likely N-dealkylation sites (N-methyl/N-ethyl adjacent to an activating group) is 1. The van der Waals surface area contributed by atoms with Gasteiger partial charge in [-0.3, -0.25) is 23.7 Å². The van der Waals surface area contributed by atoms with Gasteiger partial charge in [0.25, 0.3) is 0 Å². The molecule has 0 unspecified atom stereocenters. The highest BCUT2D eigenvalue weighted by Gasteiger charge is 2.23. The van der Waals surface area contributed by atoms with E-state index in [4.69, 9.17) is 11.6 Å². The summed E-state index contributed by atoms with van der Waals surface area (Å²) >= 11 is 5.48. The number of benzene rings is 2. The van der Waals surface area contributed by atoms with Crippen molar-refractivity contribution >= 4 is 50.3 Å². The molecule has 0 spiro atoms. The topological polar surface area (TPSA) is 90.1 Å². The number of amides is 1. The highest BCUT2D eigenvalue weighted by Crippen LogP contribution is 2.23. The number of carbonyl (C=O) groups excluding carboxylic acids is 3. The average molecular weight is 552 g/mol. The number of ketones is 2. The first-order valence-electron chi connectivity index (χ1n) is 13.1. The largest absolute Gasteiger partial charge is 0.322 e. The van der Waals surface area contributed by atoms with Crippen LogP contribution in [0.4, 0.5) is 4.79 Å². The summed E-state index contributed by atoms with van der Waals surface area (Å²) in [4.78, 5) is 35.9. The third-order valence-electron chi connectivity index (χ3n) is 7.36. The van der Waals surface area contributed by atoms with Crippen LogP contribution in [0, 0.1) is 19.8 Å². The number of rotatable bonds is 8. The van der Waals surface area contributed by atoms with Gasteiger partial charge in [0.15, 0.2) is 5.78 Å². The number of hydrogen-bond acceptors (Lipinski definition) is 5. The smallest absolute Gasteiger partial charge is 0.316 e. The van der Waals surface area contributed by atoms with E-state index in [1.165, 1.54) is 35.5 Å². The molecule has 4 rings (SSSR count). The van der Waals surface area contributed by atoms with Crippen LogP contribution in [-0.4, -0.2) is 54.5 Å². The fourth-order valence-electron chi connectivity index (χ4n) is 5.26. The van der Waals surface area contributed by atoms with E-state index in [0.717, 1.165) is 40.3 Å². The van der Waals surface area contributed by atoms with Gasteiger partial charge >= 0.3 is 5.37 Å². The van der Waals surface area contributed by atoms with Crippen LogP contribution in [0.25, 0.3) is 21.8 Å². The van der Waals surface area contributed by atoms with Gasteiger partial charge in [0.05, 0.1) is 29.5 Å². The standard InChI is InChI=1S/C15H18ClN3O2.C15H20N2O/c1-9-5-11(6-12-8-17-19(4)14(9)12)7-13(10(2)20)18(3)15(16)21;1-5-13(11(3)18)7-12-6-10(2)15-14(8-12)9-16-17(15)4/h5-6,8,13H,7H2,1-4H3;6,8-9,13H,5,7H2,1-4H3/t2*13-/m11/s1. The Hall–Kier alpha value is -3.52. The number of aryl methyl sites for hydroxylation is 4. The molecule has 39 heavy (non-hydrogen) atoms. The monoisotopic (exact) mass is 551 g/mol. The van der Waals surface area contributed by atoms with Crippen LogP contribution in [0.2, 0.25) is 0 Å². The maximum Gasteiger partial charge on any atom is 0.316 e. The van der Waals surface area contributed by atoms with Crippen LogP contribution in [-0.2, 0) is 36.5 Å². The molecule has 0 aliphatic rings. The number of nitrogens with zero attached hydrogens (tertiary/aromatic N) is 5. The summed E-state index contributed by atoms with van der Waals surface area (Å²) in [7, 11) is 5.39. The molecule has 8 nitrogen and oxygen atoms in total. The van der Waals surface area contributed by atoms with E-state index in [1.54, 1.807) is 13.1 Å². The number of Topliss-reactive ketones (excluding diaryl/α,β-unsaturated/α-hetero) is 2. The maximum absolute atomic E-state index is 11.8. The van der Waals surface area contributed by atoms with E-state index in [-0.39, 0.29) is 17.5 Å². The third-order valence-corrected chi connectivity index (χ3v) is 7.63. The number of fused-ring (bicyclic) bond motifs is 2. The maximum atomic E-state index is 11.8. The molecule has 2 aromatic heterocycles. The van der Waals surface area contributed by atoms with E-state index in [9.17, 15) is 14.4 Å². The van der Waals surface area contributed by atoms with Gasteiger partial charge in [-0.05, 0) is 86.5 Å². The summed E-state index contributed by atoms with van der Waals surface area (Å²) in [6, 6.07) is 7.80. The second-order valence-electron chi connectivity index (χ2n) is 10.4. The van der Waals surface area contributed by atoms with E-state index >= 15 is 0 Å². The quantitative estimate of drug-likeness (QED) is 0.206. The van der Waals surface area contributed by atoms with E-state index in [1.807, 2.05) is 48.7 Å².